The normalized spacial score (nSPS) is 21.3. The molecule has 1 unspecified atom stereocenters. The Hall–Kier alpha value is -1.79. The lowest BCUT2D eigenvalue weighted by molar-refractivity contribution is -0.118. The van der Waals surface area contributed by atoms with E-state index in [4.69, 9.17) is 0 Å². The zero-order valence-electron chi connectivity index (χ0n) is 14.3. The molecule has 1 aliphatic heterocycles. The number of halogens is 1. The topological polar surface area (TPSA) is 54.0 Å². The van der Waals surface area contributed by atoms with Crippen LogP contribution in [0.5, 0.6) is 0 Å². The minimum Gasteiger partial charge on any atom is -0.317 e. The number of anilines is 1. The molecule has 1 aromatic heterocycles. The van der Waals surface area contributed by atoms with E-state index < -0.39 is 0 Å². The third-order valence-electron chi connectivity index (χ3n) is 5.51. The molecule has 1 atom stereocenters. The number of thiazole rings is 1. The fourth-order valence-corrected chi connectivity index (χ4v) is 4.82. The number of nitrogens with one attached hydrogen (secondary N) is 2. The van der Waals surface area contributed by atoms with Crippen LogP contribution in [-0.4, -0.2) is 24.0 Å². The second-order valence-corrected chi connectivity index (χ2v) is 8.27. The maximum absolute atomic E-state index is 13.0. The van der Waals surface area contributed by atoms with Gasteiger partial charge >= 0.3 is 0 Å². The number of amides is 1. The van der Waals surface area contributed by atoms with Gasteiger partial charge in [-0.05, 0) is 62.4 Å². The number of piperidine rings is 1. The number of nitrogens with zero attached hydrogens (tertiary/aromatic N) is 1. The molecule has 2 aliphatic rings. The standard InChI is InChI=1S/C19H22FN3OS/c1-12-16(10-13-2-4-14(20)5-3-13)25-18(22-12)23-17(24)15-11-19(15)6-8-21-9-7-19/h2-5,15,21H,6-11H2,1H3,(H,22,23,24). The first kappa shape index (κ1) is 16.7. The Morgan fingerprint density at radius 1 is 1.36 bits per heavy atom. The van der Waals surface area contributed by atoms with E-state index >= 15 is 0 Å². The number of carbonyl (C=O) groups is 1. The lowest BCUT2D eigenvalue weighted by Crippen LogP contribution is -2.31. The lowest BCUT2D eigenvalue weighted by atomic mass is 9.92. The van der Waals surface area contributed by atoms with Crippen molar-refractivity contribution in [3.63, 3.8) is 0 Å². The maximum atomic E-state index is 13.0. The molecule has 2 heterocycles. The van der Waals surface area contributed by atoms with E-state index in [1.54, 1.807) is 12.1 Å². The van der Waals surface area contributed by atoms with Gasteiger partial charge in [0.15, 0.2) is 5.13 Å². The van der Waals surface area contributed by atoms with Crippen molar-refractivity contribution < 1.29 is 9.18 Å². The highest BCUT2D eigenvalue weighted by atomic mass is 32.1. The molecule has 2 N–H and O–H groups in total. The first-order chi connectivity index (χ1) is 12.1. The molecule has 6 heteroatoms. The van der Waals surface area contributed by atoms with Crippen molar-refractivity contribution in [2.45, 2.75) is 32.6 Å². The van der Waals surface area contributed by atoms with Crippen molar-refractivity contribution in [3.05, 3.63) is 46.2 Å². The largest absolute Gasteiger partial charge is 0.317 e. The second-order valence-electron chi connectivity index (χ2n) is 7.19. The van der Waals surface area contributed by atoms with Gasteiger partial charge in [-0.15, -0.1) is 11.3 Å². The summed E-state index contributed by atoms with van der Waals surface area (Å²) in [6.45, 7) is 3.99. The zero-order valence-corrected chi connectivity index (χ0v) is 15.1. The predicted octanol–water partition coefficient (Wildman–Crippen LogP) is 3.51. The molecule has 132 valence electrons. The summed E-state index contributed by atoms with van der Waals surface area (Å²) in [5, 5.41) is 7.06. The first-order valence-corrected chi connectivity index (χ1v) is 9.60. The second kappa shape index (κ2) is 6.50. The van der Waals surface area contributed by atoms with Crippen LogP contribution >= 0.6 is 11.3 Å². The van der Waals surface area contributed by atoms with Gasteiger partial charge < -0.3 is 10.6 Å². The molecule has 1 amide bonds. The molecule has 0 radical (unpaired) electrons. The minimum absolute atomic E-state index is 0.115. The Kier molecular flexibility index (Phi) is 4.33. The first-order valence-electron chi connectivity index (χ1n) is 8.78. The van der Waals surface area contributed by atoms with Crippen molar-refractivity contribution in [3.8, 4) is 0 Å². The van der Waals surface area contributed by atoms with Crippen LogP contribution in [0.15, 0.2) is 24.3 Å². The molecule has 1 aromatic carbocycles. The van der Waals surface area contributed by atoms with E-state index in [0.717, 1.165) is 48.5 Å². The van der Waals surface area contributed by atoms with E-state index in [1.165, 1.54) is 23.5 Å². The summed E-state index contributed by atoms with van der Waals surface area (Å²) in [5.74, 6) is 0.0253. The number of benzene rings is 1. The van der Waals surface area contributed by atoms with E-state index in [1.807, 2.05) is 6.92 Å². The van der Waals surface area contributed by atoms with Gasteiger partial charge in [0, 0.05) is 17.2 Å². The van der Waals surface area contributed by atoms with Gasteiger partial charge in [0.2, 0.25) is 5.91 Å². The SMILES string of the molecule is Cc1nc(NC(=O)C2CC23CCNCC3)sc1Cc1ccc(F)cc1. The molecule has 2 fully saturated rings. The van der Waals surface area contributed by atoms with Crippen LogP contribution in [-0.2, 0) is 11.2 Å². The van der Waals surface area contributed by atoms with Gasteiger partial charge in [-0.1, -0.05) is 12.1 Å². The molecule has 0 bridgehead atoms. The fourth-order valence-electron chi connectivity index (χ4n) is 3.82. The molecule has 1 saturated heterocycles. The lowest BCUT2D eigenvalue weighted by Gasteiger charge is -2.22. The highest BCUT2D eigenvalue weighted by molar-refractivity contribution is 7.15. The quantitative estimate of drug-likeness (QED) is 0.878. The van der Waals surface area contributed by atoms with Crippen molar-refractivity contribution >= 4 is 22.4 Å². The van der Waals surface area contributed by atoms with E-state index in [2.05, 4.69) is 15.6 Å². The number of hydrogen-bond acceptors (Lipinski definition) is 4. The number of carbonyl (C=O) groups excluding carboxylic acids is 1. The molecule has 4 nitrogen and oxygen atoms in total. The monoisotopic (exact) mass is 359 g/mol. The molecule has 1 saturated carbocycles. The maximum Gasteiger partial charge on any atom is 0.229 e. The molecule has 2 aromatic rings. The average molecular weight is 359 g/mol. The van der Waals surface area contributed by atoms with Crippen molar-refractivity contribution in [1.82, 2.24) is 10.3 Å². The molecule has 4 rings (SSSR count). The van der Waals surface area contributed by atoms with Gasteiger partial charge in [-0.25, -0.2) is 9.37 Å². The Morgan fingerprint density at radius 2 is 2.08 bits per heavy atom. The minimum atomic E-state index is -0.228. The van der Waals surface area contributed by atoms with Crippen LogP contribution in [0.3, 0.4) is 0 Å². The third kappa shape index (κ3) is 3.46. The van der Waals surface area contributed by atoms with Crippen LogP contribution in [0, 0.1) is 24.1 Å². The Bertz CT molecular complexity index is 780. The zero-order chi connectivity index (χ0) is 17.4. The molecule has 1 aliphatic carbocycles. The van der Waals surface area contributed by atoms with E-state index in [9.17, 15) is 9.18 Å². The summed E-state index contributed by atoms with van der Waals surface area (Å²) in [4.78, 5) is 18.2. The average Bonchev–Trinajstić information content (AvgIpc) is 3.18. The van der Waals surface area contributed by atoms with Crippen LogP contribution < -0.4 is 10.6 Å². The highest BCUT2D eigenvalue weighted by Crippen LogP contribution is 2.58. The summed E-state index contributed by atoms with van der Waals surface area (Å²) in [6, 6.07) is 6.52. The van der Waals surface area contributed by atoms with Gasteiger partial charge in [0.1, 0.15) is 5.82 Å². The van der Waals surface area contributed by atoms with Gasteiger partial charge in [-0.3, -0.25) is 4.79 Å². The summed E-state index contributed by atoms with van der Waals surface area (Å²) >= 11 is 1.52. The molecule has 25 heavy (non-hydrogen) atoms. The molecular weight excluding hydrogens is 337 g/mol. The fraction of sp³-hybridized carbons (Fsp3) is 0.474. The summed E-state index contributed by atoms with van der Waals surface area (Å²) < 4.78 is 13.0. The van der Waals surface area contributed by atoms with Crippen LogP contribution in [0.25, 0.3) is 0 Å². The van der Waals surface area contributed by atoms with Gasteiger partial charge in [0.25, 0.3) is 0 Å². The highest BCUT2D eigenvalue weighted by Gasteiger charge is 2.57. The number of rotatable bonds is 4. The Morgan fingerprint density at radius 3 is 2.80 bits per heavy atom. The summed E-state index contributed by atoms with van der Waals surface area (Å²) in [6.07, 6.45) is 3.90. The predicted molar refractivity (Wildman–Crippen MR) is 97.3 cm³/mol. The van der Waals surface area contributed by atoms with Gasteiger partial charge in [-0.2, -0.15) is 0 Å². The Balaban J connectivity index is 1.40. The van der Waals surface area contributed by atoms with E-state index in [0.29, 0.717) is 11.6 Å². The van der Waals surface area contributed by atoms with Crippen molar-refractivity contribution in [2.75, 3.05) is 18.4 Å². The van der Waals surface area contributed by atoms with Crippen molar-refractivity contribution in [2.24, 2.45) is 11.3 Å². The van der Waals surface area contributed by atoms with Crippen LogP contribution in [0.1, 0.15) is 35.4 Å². The third-order valence-corrected chi connectivity index (χ3v) is 6.58. The molecular formula is C19H22FN3OS. The summed E-state index contributed by atoms with van der Waals surface area (Å²) in [7, 11) is 0. The summed E-state index contributed by atoms with van der Waals surface area (Å²) in [5.41, 5.74) is 2.21. The number of aromatic nitrogens is 1. The van der Waals surface area contributed by atoms with Crippen LogP contribution in [0.2, 0.25) is 0 Å². The Labute approximate surface area is 150 Å². The smallest absolute Gasteiger partial charge is 0.229 e. The number of aryl methyl sites for hydroxylation is 1. The van der Waals surface area contributed by atoms with Crippen molar-refractivity contribution in [1.29, 1.82) is 0 Å². The van der Waals surface area contributed by atoms with Crippen LogP contribution in [0.4, 0.5) is 9.52 Å². The van der Waals surface area contributed by atoms with E-state index in [-0.39, 0.29) is 23.1 Å². The molecule has 1 spiro atoms. The number of hydrogen-bond donors (Lipinski definition) is 2. The van der Waals surface area contributed by atoms with Gasteiger partial charge in [0.05, 0.1) is 5.69 Å².